The van der Waals surface area contributed by atoms with Gasteiger partial charge in [-0.15, -0.1) is 0 Å². The van der Waals surface area contributed by atoms with Crippen LogP contribution in [0.1, 0.15) is 17.3 Å². The molecule has 1 atom stereocenters. The van der Waals surface area contributed by atoms with Crippen molar-refractivity contribution in [3.63, 3.8) is 0 Å². The molecule has 0 saturated carbocycles. The second kappa shape index (κ2) is 5.60. The molecule has 0 bridgehead atoms. The van der Waals surface area contributed by atoms with E-state index < -0.39 is 0 Å². The third-order valence-electron chi connectivity index (χ3n) is 2.41. The van der Waals surface area contributed by atoms with Gasteiger partial charge in [-0.1, -0.05) is 23.7 Å². The fraction of sp³-hybridized carbons (Fsp3) is 0.0833. The van der Waals surface area contributed by atoms with Crippen LogP contribution < -0.4 is 11.3 Å². The van der Waals surface area contributed by atoms with Crippen LogP contribution in [0.25, 0.3) is 0 Å². The first-order valence-electron chi connectivity index (χ1n) is 5.04. The maximum Gasteiger partial charge on any atom is 0.0893 e. The van der Waals surface area contributed by atoms with Gasteiger partial charge in [0.15, 0.2) is 0 Å². The third kappa shape index (κ3) is 2.84. The van der Waals surface area contributed by atoms with Crippen molar-refractivity contribution in [3.8, 4) is 0 Å². The number of hydrazine groups is 1. The molecule has 0 aliphatic rings. The molecular formula is C12H11BrClN3. The Morgan fingerprint density at radius 3 is 2.76 bits per heavy atom. The fourth-order valence-electron chi connectivity index (χ4n) is 1.63. The molecule has 88 valence electrons. The van der Waals surface area contributed by atoms with E-state index in [1.165, 1.54) is 0 Å². The number of hydrogen-bond acceptors (Lipinski definition) is 3. The Morgan fingerprint density at radius 1 is 1.29 bits per heavy atom. The number of nitrogens with two attached hydrogens (primary N) is 1. The lowest BCUT2D eigenvalue weighted by Gasteiger charge is -2.17. The highest BCUT2D eigenvalue weighted by atomic mass is 79.9. The van der Waals surface area contributed by atoms with Crippen LogP contribution >= 0.6 is 27.5 Å². The highest BCUT2D eigenvalue weighted by Gasteiger charge is 2.16. The maximum atomic E-state index is 5.97. The molecule has 0 amide bonds. The first-order chi connectivity index (χ1) is 8.22. The lowest BCUT2D eigenvalue weighted by atomic mass is 10.0. The van der Waals surface area contributed by atoms with Crippen LogP contribution in [0.3, 0.4) is 0 Å². The molecule has 1 unspecified atom stereocenters. The first-order valence-corrected chi connectivity index (χ1v) is 6.21. The molecule has 1 heterocycles. The monoisotopic (exact) mass is 311 g/mol. The lowest BCUT2D eigenvalue weighted by molar-refractivity contribution is 0.618. The van der Waals surface area contributed by atoms with E-state index in [1.807, 2.05) is 36.4 Å². The van der Waals surface area contributed by atoms with Crippen molar-refractivity contribution in [1.29, 1.82) is 0 Å². The molecule has 1 aromatic carbocycles. The highest BCUT2D eigenvalue weighted by molar-refractivity contribution is 9.10. The average molecular weight is 313 g/mol. The Morgan fingerprint density at radius 2 is 2.12 bits per heavy atom. The molecule has 0 aliphatic carbocycles. The van der Waals surface area contributed by atoms with Crippen molar-refractivity contribution in [1.82, 2.24) is 10.4 Å². The van der Waals surface area contributed by atoms with Gasteiger partial charge in [-0.05, 0) is 45.8 Å². The van der Waals surface area contributed by atoms with Crippen molar-refractivity contribution in [2.45, 2.75) is 6.04 Å². The van der Waals surface area contributed by atoms with E-state index in [-0.39, 0.29) is 6.04 Å². The van der Waals surface area contributed by atoms with Gasteiger partial charge in [0, 0.05) is 15.7 Å². The van der Waals surface area contributed by atoms with Crippen molar-refractivity contribution in [2.24, 2.45) is 5.84 Å². The third-order valence-corrected chi connectivity index (χ3v) is 3.31. The second-order valence-electron chi connectivity index (χ2n) is 3.53. The Kier molecular flexibility index (Phi) is 4.12. The number of nitrogens with zero attached hydrogens (tertiary/aromatic N) is 1. The van der Waals surface area contributed by atoms with E-state index in [1.54, 1.807) is 6.20 Å². The van der Waals surface area contributed by atoms with Crippen molar-refractivity contribution in [2.75, 3.05) is 0 Å². The quantitative estimate of drug-likeness (QED) is 0.676. The van der Waals surface area contributed by atoms with Gasteiger partial charge < -0.3 is 0 Å². The average Bonchev–Trinajstić information content (AvgIpc) is 2.33. The van der Waals surface area contributed by atoms with Crippen LogP contribution in [0.5, 0.6) is 0 Å². The number of hydrogen-bond donors (Lipinski definition) is 2. The molecule has 2 aromatic rings. The molecule has 1 aromatic heterocycles. The molecule has 3 nitrogen and oxygen atoms in total. The number of rotatable bonds is 3. The summed E-state index contributed by atoms with van der Waals surface area (Å²) in [5.41, 5.74) is 4.55. The summed E-state index contributed by atoms with van der Waals surface area (Å²) in [5.74, 6) is 5.60. The van der Waals surface area contributed by atoms with Gasteiger partial charge in [-0.3, -0.25) is 10.8 Å². The SMILES string of the molecule is NNC(c1cccc(Cl)c1)c1ncccc1Br. The standard InChI is InChI=1S/C12H11BrClN3/c13-10-5-2-6-16-12(10)11(17-15)8-3-1-4-9(14)7-8/h1-7,11,17H,15H2. The molecule has 2 rings (SSSR count). The molecule has 0 aliphatic heterocycles. The topological polar surface area (TPSA) is 50.9 Å². The summed E-state index contributed by atoms with van der Waals surface area (Å²) >= 11 is 9.43. The van der Waals surface area contributed by atoms with Crippen molar-refractivity contribution < 1.29 is 0 Å². The zero-order chi connectivity index (χ0) is 12.3. The summed E-state index contributed by atoms with van der Waals surface area (Å²) in [5, 5.41) is 0.676. The van der Waals surface area contributed by atoms with Crippen LogP contribution in [0.4, 0.5) is 0 Å². The van der Waals surface area contributed by atoms with Crippen LogP contribution in [0.2, 0.25) is 5.02 Å². The minimum Gasteiger partial charge on any atom is -0.271 e. The van der Waals surface area contributed by atoms with Gasteiger partial charge in [0.2, 0.25) is 0 Å². The first kappa shape index (κ1) is 12.5. The predicted molar refractivity (Wildman–Crippen MR) is 72.6 cm³/mol. The second-order valence-corrected chi connectivity index (χ2v) is 4.82. The summed E-state index contributed by atoms with van der Waals surface area (Å²) in [6.45, 7) is 0. The summed E-state index contributed by atoms with van der Waals surface area (Å²) in [6, 6.07) is 11.1. The molecule has 0 radical (unpaired) electrons. The van der Waals surface area contributed by atoms with E-state index >= 15 is 0 Å². The number of halogens is 2. The van der Waals surface area contributed by atoms with Gasteiger partial charge >= 0.3 is 0 Å². The largest absolute Gasteiger partial charge is 0.271 e. The molecule has 5 heteroatoms. The Bertz CT molecular complexity index is 519. The number of pyridine rings is 1. The summed E-state index contributed by atoms with van der Waals surface area (Å²) in [4.78, 5) is 4.32. The van der Waals surface area contributed by atoms with Crippen LogP contribution in [0, 0.1) is 0 Å². The predicted octanol–water partition coefficient (Wildman–Crippen LogP) is 3.05. The zero-order valence-corrected chi connectivity index (χ0v) is 11.2. The smallest absolute Gasteiger partial charge is 0.0893 e. The van der Waals surface area contributed by atoms with Crippen LogP contribution in [0.15, 0.2) is 47.1 Å². The van der Waals surface area contributed by atoms with Gasteiger partial charge in [0.25, 0.3) is 0 Å². The Hall–Kier alpha value is -0.940. The highest BCUT2D eigenvalue weighted by Crippen LogP contribution is 2.27. The van der Waals surface area contributed by atoms with E-state index in [0.29, 0.717) is 5.02 Å². The van der Waals surface area contributed by atoms with E-state index in [2.05, 4.69) is 26.3 Å². The number of benzene rings is 1. The molecule has 17 heavy (non-hydrogen) atoms. The minimum atomic E-state index is -0.190. The number of nitrogens with one attached hydrogen (secondary N) is 1. The molecule has 0 saturated heterocycles. The van der Waals surface area contributed by atoms with Gasteiger partial charge in [0.1, 0.15) is 0 Å². The summed E-state index contributed by atoms with van der Waals surface area (Å²) < 4.78 is 0.905. The van der Waals surface area contributed by atoms with Crippen LogP contribution in [-0.2, 0) is 0 Å². The summed E-state index contributed by atoms with van der Waals surface area (Å²) in [7, 11) is 0. The van der Waals surface area contributed by atoms with E-state index in [0.717, 1.165) is 15.7 Å². The maximum absolute atomic E-state index is 5.97. The Balaban J connectivity index is 2.44. The molecule has 0 fully saturated rings. The molecule has 0 spiro atoms. The molecular weight excluding hydrogens is 302 g/mol. The Labute approximate surface area is 113 Å². The zero-order valence-electron chi connectivity index (χ0n) is 8.90. The van der Waals surface area contributed by atoms with Crippen molar-refractivity contribution >= 4 is 27.5 Å². The number of aromatic nitrogens is 1. The minimum absolute atomic E-state index is 0.190. The normalized spacial score (nSPS) is 12.4. The van der Waals surface area contributed by atoms with Crippen molar-refractivity contribution in [3.05, 3.63) is 63.3 Å². The van der Waals surface area contributed by atoms with Crippen LogP contribution in [-0.4, -0.2) is 4.98 Å². The van der Waals surface area contributed by atoms with E-state index in [4.69, 9.17) is 17.4 Å². The van der Waals surface area contributed by atoms with Gasteiger partial charge in [0.05, 0.1) is 11.7 Å². The lowest BCUT2D eigenvalue weighted by Crippen LogP contribution is -2.29. The van der Waals surface area contributed by atoms with Gasteiger partial charge in [-0.25, -0.2) is 5.43 Å². The summed E-state index contributed by atoms with van der Waals surface area (Å²) in [6.07, 6.45) is 1.73. The van der Waals surface area contributed by atoms with E-state index in [9.17, 15) is 0 Å². The molecule has 3 N–H and O–H groups in total. The fourth-order valence-corrected chi connectivity index (χ4v) is 2.31. The van der Waals surface area contributed by atoms with Gasteiger partial charge in [-0.2, -0.15) is 0 Å².